The third kappa shape index (κ3) is 4.08. The van der Waals surface area contributed by atoms with Crippen LogP contribution in [0.4, 0.5) is 5.69 Å². The first-order valence-electron chi connectivity index (χ1n) is 9.71. The highest BCUT2D eigenvalue weighted by atomic mass is 16.5. The number of hydrogen-bond donors (Lipinski definition) is 1. The molecule has 0 spiro atoms. The Hall–Kier alpha value is -2.97. The summed E-state index contributed by atoms with van der Waals surface area (Å²) in [6.07, 6.45) is 3.78. The summed E-state index contributed by atoms with van der Waals surface area (Å²) in [6, 6.07) is 0. The summed E-state index contributed by atoms with van der Waals surface area (Å²) in [5.41, 5.74) is 2.04. The predicted molar refractivity (Wildman–Crippen MR) is 104 cm³/mol. The molecule has 1 aliphatic carbocycles. The topological polar surface area (TPSA) is 111 Å². The number of allylic oxidation sites excluding steroid dienone is 2. The fraction of sp³-hybridized carbons (Fsp3) is 0.550. The summed E-state index contributed by atoms with van der Waals surface area (Å²) in [6.45, 7) is 5.04. The number of ether oxygens (including phenoxy) is 1. The van der Waals surface area contributed by atoms with E-state index in [0.717, 1.165) is 10.6 Å². The number of rotatable bonds is 6. The van der Waals surface area contributed by atoms with Gasteiger partial charge in [0.25, 0.3) is 5.91 Å². The van der Waals surface area contributed by atoms with Gasteiger partial charge < -0.3 is 10.1 Å². The van der Waals surface area contributed by atoms with Crippen molar-refractivity contribution in [2.24, 2.45) is 18.9 Å². The van der Waals surface area contributed by atoms with Gasteiger partial charge >= 0.3 is 5.97 Å². The molecular formula is C20H26N4O5. The number of hydrogen-bond acceptors (Lipinski definition) is 6. The van der Waals surface area contributed by atoms with E-state index < -0.39 is 18.0 Å². The number of aryl methyl sites for hydroxylation is 2. The first-order valence-corrected chi connectivity index (χ1v) is 9.71. The summed E-state index contributed by atoms with van der Waals surface area (Å²) < 4.78 is 6.83. The van der Waals surface area contributed by atoms with Crippen LogP contribution in [0.2, 0.25) is 0 Å². The molecule has 1 aromatic rings. The molecule has 1 N–H and O–H groups in total. The molecule has 3 rings (SSSR count). The molecule has 0 aromatic carbocycles. The van der Waals surface area contributed by atoms with Crippen molar-refractivity contribution >= 4 is 29.4 Å². The van der Waals surface area contributed by atoms with Crippen LogP contribution in [0.3, 0.4) is 0 Å². The highest BCUT2D eigenvalue weighted by Crippen LogP contribution is 2.35. The van der Waals surface area contributed by atoms with Crippen molar-refractivity contribution in [2.75, 3.05) is 11.9 Å². The number of imide groups is 1. The number of nitrogens with zero attached hydrogens (tertiary/aromatic N) is 3. The standard InChI is InChI=1S/C20H26N4O5/c1-11-17(12(2)23(4)22-11)21-18(26)13(3)29-16(25)9-10-24-19(27)14-7-5-6-8-15(14)20(24)28/h5-6,13-15H,7-10H2,1-4H3,(H,21,26)/t13-,14+,15+/m1/s1. The minimum absolute atomic E-state index is 0.0291. The van der Waals surface area contributed by atoms with Gasteiger partial charge in [-0.2, -0.15) is 5.10 Å². The molecule has 1 aromatic heterocycles. The second-order valence-electron chi connectivity index (χ2n) is 7.52. The van der Waals surface area contributed by atoms with E-state index in [1.807, 2.05) is 19.1 Å². The molecule has 1 aliphatic heterocycles. The number of esters is 1. The molecule has 2 heterocycles. The summed E-state index contributed by atoms with van der Waals surface area (Å²) in [5.74, 6) is -2.21. The molecular weight excluding hydrogens is 376 g/mol. The van der Waals surface area contributed by atoms with E-state index in [9.17, 15) is 19.2 Å². The molecule has 0 radical (unpaired) electrons. The van der Waals surface area contributed by atoms with Gasteiger partial charge in [-0.3, -0.25) is 28.8 Å². The lowest BCUT2D eigenvalue weighted by molar-refractivity contribution is -0.154. The van der Waals surface area contributed by atoms with E-state index in [1.165, 1.54) is 6.92 Å². The number of likely N-dealkylation sites (tertiary alicyclic amines) is 1. The van der Waals surface area contributed by atoms with E-state index in [4.69, 9.17) is 4.74 Å². The molecule has 0 bridgehead atoms. The molecule has 9 nitrogen and oxygen atoms in total. The summed E-state index contributed by atoms with van der Waals surface area (Å²) in [4.78, 5) is 50.5. The summed E-state index contributed by atoms with van der Waals surface area (Å²) in [5, 5.41) is 6.95. The zero-order valence-electron chi connectivity index (χ0n) is 17.1. The monoisotopic (exact) mass is 402 g/mol. The van der Waals surface area contributed by atoms with Crippen LogP contribution in [0.15, 0.2) is 12.2 Å². The normalized spacial score (nSPS) is 21.9. The Morgan fingerprint density at radius 2 is 1.79 bits per heavy atom. The van der Waals surface area contributed by atoms with Crippen LogP contribution in [-0.2, 0) is 31.0 Å². The Morgan fingerprint density at radius 1 is 1.21 bits per heavy atom. The van der Waals surface area contributed by atoms with E-state index in [0.29, 0.717) is 24.2 Å². The average molecular weight is 402 g/mol. The van der Waals surface area contributed by atoms with E-state index in [-0.39, 0.29) is 36.6 Å². The maximum atomic E-state index is 12.4. The molecule has 0 unspecified atom stereocenters. The van der Waals surface area contributed by atoms with Crippen molar-refractivity contribution < 1.29 is 23.9 Å². The number of carbonyl (C=O) groups excluding carboxylic acids is 4. The van der Waals surface area contributed by atoms with Crippen LogP contribution in [0.1, 0.15) is 37.6 Å². The predicted octanol–water partition coefficient (Wildman–Crippen LogP) is 1.25. The van der Waals surface area contributed by atoms with Gasteiger partial charge in [0.05, 0.1) is 35.3 Å². The van der Waals surface area contributed by atoms with Crippen molar-refractivity contribution in [3.8, 4) is 0 Å². The van der Waals surface area contributed by atoms with Gasteiger partial charge in [-0.25, -0.2) is 0 Å². The lowest BCUT2D eigenvalue weighted by Gasteiger charge is -2.16. The van der Waals surface area contributed by atoms with E-state index >= 15 is 0 Å². The SMILES string of the molecule is Cc1nn(C)c(C)c1NC(=O)[C@@H](C)OC(=O)CCN1C(=O)[C@H]2CC=CC[C@@H]2C1=O. The fourth-order valence-electron chi connectivity index (χ4n) is 3.78. The molecule has 156 valence electrons. The largest absolute Gasteiger partial charge is 0.452 e. The molecule has 0 saturated carbocycles. The van der Waals surface area contributed by atoms with E-state index in [1.54, 1.807) is 18.7 Å². The summed E-state index contributed by atoms with van der Waals surface area (Å²) in [7, 11) is 1.77. The third-order valence-corrected chi connectivity index (χ3v) is 5.57. The number of aromatic nitrogens is 2. The van der Waals surface area contributed by atoms with Crippen LogP contribution in [0, 0.1) is 25.7 Å². The molecule has 2 aliphatic rings. The Bertz CT molecular complexity index is 862. The average Bonchev–Trinajstić information content (AvgIpc) is 3.07. The lowest BCUT2D eigenvalue weighted by Crippen LogP contribution is -2.35. The number of carbonyl (C=O) groups is 4. The van der Waals surface area contributed by atoms with Crippen LogP contribution in [-0.4, -0.2) is 51.0 Å². The van der Waals surface area contributed by atoms with Crippen LogP contribution >= 0.6 is 0 Å². The second kappa shape index (κ2) is 8.18. The van der Waals surface area contributed by atoms with Crippen molar-refractivity contribution in [1.82, 2.24) is 14.7 Å². The quantitative estimate of drug-likeness (QED) is 0.436. The van der Waals surface area contributed by atoms with Gasteiger partial charge in [-0.1, -0.05) is 12.2 Å². The van der Waals surface area contributed by atoms with Crippen molar-refractivity contribution in [1.29, 1.82) is 0 Å². The van der Waals surface area contributed by atoms with Crippen LogP contribution in [0.25, 0.3) is 0 Å². The van der Waals surface area contributed by atoms with E-state index in [2.05, 4.69) is 10.4 Å². The Labute approximate surface area is 169 Å². The summed E-state index contributed by atoms with van der Waals surface area (Å²) >= 11 is 0. The van der Waals surface area contributed by atoms with Gasteiger partial charge in [-0.15, -0.1) is 0 Å². The Kier molecular flexibility index (Phi) is 5.86. The number of fused-ring (bicyclic) bond motifs is 1. The lowest BCUT2D eigenvalue weighted by atomic mass is 9.85. The van der Waals surface area contributed by atoms with Crippen molar-refractivity contribution in [3.05, 3.63) is 23.5 Å². The number of anilines is 1. The van der Waals surface area contributed by atoms with Gasteiger partial charge in [0, 0.05) is 13.6 Å². The molecule has 9 heteroatoms. The highest BCUT2D eigenvalue weighted by Gasteiger charge is 2.47. The van der Waals surface area contributed by atoms with Crippen LogP contribution in [0.5, 0.6) is 0 Å². The third-order valence-electron chi connectivity index (χ3n) is 5.57. The van der Waals surface area contributed by atoms with Crippen molar-refractivity contribution in [3.63, 3.8) is 0 Å². The van der Waals surface area contributed by atoms with Gasteiger partial charge in [-0.05, 0) is 33.6 Å². The zero-order valence-corrected chi connectivity index (χ0v) is 17.1. The second-order valence-corrected chi connectivity index (χ2v) is 7.52. The first kappa shape index (κ1) is 20.8. The van der Waals surface area contributed by atoms with Gasteiger partial charge in [0.2, 0.25) is 11.8 Å². The molecule has 1 saturated heterocycles. The highest BCUT2D eigenvalue weighted by molar-refractivity contribution is 6.05. The number of nitrogens with one attached hydrogen (secondary N) is 1. The maximum Gasteiger partial charge on any atom is 0.308 e. The maximum absolute atomic E-state index is 12.4. The van der Waals surface area contributed by atoms with Gasteiger partial charge in [0.15, 0.2) is 6.10 Å². The fourth-order valence-corrected chi connectivity index (χ4v) is 3.78. The minimum atomic E-state index is -1.02. The zero-order chi connectivity index (χ0) is 21.3. The van der Waals surface area contributed by atoms with Crippen LogP contribution < -0.4 is 5.32 Å². The molecule has 29 heavy (non-hydrogen) atoms. The molecule has 1 fully saturated rings. The van der Waals surface area contributed by atoms with Crippen molar-refractivity contribution in [2.45, 2.75) is 46.1 Å². The molecule has 3 atom stereocenters. The molecule has 3 amide bonds. The smallest absolute Gasteiger partial charge is 0.308 e. The first-order chi connectivity index (χ1) is 13.7. The van der Waals surface area contributed by atoms with Gasteiger partial charge in [0.1, 0.15) is 0 Å². The minimum Gasteiger partial charge on any atom is -0.452 e. The Balaban J connectivity index is 1.51. The number of amides is 3. The Morgan fingerprint density at radius 3 is 2.31 bits per heavy atom.